The van der Waals surface area contributed by atoms with Crippen LogP contribution in [0.15, 0.2) is 91.0 Å². The van der Waals surface area contributed by atoms with Crippen LogP contribution in [0, 0.1) is 0 Å². The van der Waals surface area contributed by atoms with Crippen molar-refractivity contribution < 1.29 is 23.5 Å². The van der Waals surface area contributed by atoms with E-state index in [1.54, 1.807) is 0 Å². The predicted molar refractivity (Wildman–Crippen MR) is 173 cm³/mol. The number of hydrogen-bond acceptors (Lipinski definition) is 5. The van der Waals surface area contributed by atoms with E-state index in [0.29, 0.717) is 0 Å². The number of benzene rings is 4. The number of carbonyl (C=O) groups is 2. The molecular weight excluding hydrogens is 552 g/mol. The van der Waals surface area contributed by atoms with Crippen LogP contribution in [0.5, 0.6) is 0 Å². The van der Waals surface area contributed by atoms with Crippen molar-refractivity contribution in [2.24, 2.45) is 0 Å². The lowest BCUT2D eigenvalue weighted by Gasteiger charge is -2.44. The Morgan fingerprint density at radius 1 is 0.744 bits per heavy atom. The summed E-state index contributed by atoms with van der Waals surface area (Å²) >= 11 is 0. The van der Waals surface area contributed by atoms with E-state index in [4.69, 9.17) is 13.9 Å². The first kappa shape index (κ1) is 29.1. The largest absolute Gasteiger partial charge is 0.454 e. The molecule has 6 rings (SSSR count). The summed E-state index contributed by atoms with van der Waals surface area (Å²) in [6.45, 7) is 9.69. The first-order chi connectivity index (χ1) is 20.6. The van der Waals surface area contributed by atoms with Crippen LogP contribution >= 0.6 is 0 Å². The van der Waals surface area contributed by atoms with Crippen LogP contribution in [0.3, 0.4) is 0 Å². The Kier molecular flexibility index (Phi) is 7.61. The van der Waals surface area contributed by atoms with Crippen molar-refractivity contribution in [3.05, 3.63) is 113 Å². The van der Waals surface area contributed by atoms with Gasteiger partial charge in [-0.25, -0.2) is 0 Å². The maximum atomic E-state index is 12.0. The average Bonchev–Trinajstić information content (AvgIpc) is 3.39. The van der Waals surface area contributed by atoms with E-state index < -0.39 is 32.5 Å². The molecule has 0 saturated carbocycles. The van der Waals surface area contributed by atoms with Gasteiger partial charge in [0.15, 0.2) is 12.2 Å². The molecule has 0 aliphatic heterocycles. The summed E-state index contributed by atoms with van der Waals surface area (Å²) in [6.07, 6.45) is 4.26. The van der Waals surface area contributed by atoms with Crippen LogP contribution in [0.25, 0.3) is 16.8 Å². The molecule has 0 fully saturated rings. The third kappa shape index (κ3) is 5.13. The van der Waals surface area contributed by atoms with Crippen molar-refractivity contribution in [2.45, 2.75) is 70.8 Å². The van der Waals surface area contributed by atoms with Gasteiger partial charge < -0.3 is 13.9 Å². The normalized spacial score (nSPS) is 19.5. The zero-order chi connectivity index (χ0) is 30.4. The maximum Gasteiger partial charge on any atom is 0.303 e. The molecule has 0 heterocycles. The Hall–Kier alpha value is -4.00. The summed E-state index contributed by atoms with van der Waals surface area (Å²) in [4.78, 5) is 23.8. The smallest absolute Gasteiger partial charge is 0.303 e. The third-order valence-electron chi connectivity index (χ3n) is 8.82. The number of carbonyl (C=O) groups excluding carboxylic acids is 2. The minimum Gasteiger partial charge on any atom is -0.454 e. The molecule has 0 bridgehead atoms. The number of ether oxygens (including phenoxy) is 2. The first-order valence-corrected chi connectivity index (χ1v) is 16.9. The molecule has 0 spiro atoms. The number of fused-ring (bicyclic) bond motifs is 5. The lowest BCUT2D eigenvalue weighted by Crippen LogP contribution is -2.66. The molecule has 2 aliphatic carbocycles. The van der Waals surface area contributed by atoms with Gasteiger partial charge in [0.1, 0.15) is 0 Å². The lowest BCUT2D eigenvalue weighted by atomic mass is 9.87. The molecule has 220 valence electrons. The fourth-order valence-electron chi connectivity index (χ4n) is 7.07. The summed E-state index contributed by atoms with van der Waals surface area (Å²) in [7, 11) is -2.72. The van der Waals surface area contributed by atoms with Crippen molar-refractivity contribution >= 4 is 47.5 Å². The highest BCUT2D eigenvalue weighted by atomic mass is 28.4. The average molecular weight is 591 g/mol. The fraction of sp³-hybridized carbons (Fsp3) is 0.297. The van der Waals surface area contributed by atoms with Gasteiger partial charge in [0.25, 0.3) is 8.32 Å². The molecule has 2 aliphatic rings. The zero-order valence-corrected chi connectivity index (χ0v) is 26.4. The second-order valence-electron chi connectivity index (χ2n) is 12.6. The van der Waals surface area contributed by atoms with Crippen LogP contribution in [-0.2, 0) is 29.9 Å². The van der Waals surface area contributed by atoms with Crippen LogP contribution in [-0.4, -0.2) is 26.4 Å². The molecule has 3 atom stereocenters. The SMILES string of the molecule is CC(=O)O[C@@H]1c2ccc3c4c(ccc3c2C=C[C@H]1OC(C)=O)C(O[Si](c1ccccc1)(c1ccccc1)C(C)(C)C)CC4. The molecule has 4 aromatic carbocycles. The van der Waals surface area contributed by atoms with Crippen molar-refractivity contribution in [1.29, 1.82) is 0 Å². The summed E-state index contributed by atoms with van der Waals surface area (Å²) in [5.41, 5.74) is 4.39. The topological polar surface area (TPSA) is 61.8 Å². The molecule has 0 aromatic heterocycles. The Morgan fingerprint density at radius 2 is 1.33 bits per heavy atom. The minimum absolute atomic E-state index is 0.0283. The van der Waals surface area contributed by atoms with Crippen molar-refractivity contribution in [1.82, 2.24) is 0 Å². The van der Waals surface area contributed by atoms with Crippen molar-refractivity contribution in [3.8, 4) is 0 Å². The molecule has 0 radical (unpaired) electrons. The van der Waals surface area contributed by atoms with Crippen LogP contribution < -0.4 is 10.4 Å². The number of esters is 2. The van der Waals surface area contributed by atoms with Gasteiger partial charge in [-0.05, 0) is 61.8 Å². The molecule has 0 amide bonds. The van der Waals surface area contributed by atoms with Gasteiger partial charge >= 0.3 is 11.9 Å². The molecular formula is C37H38O5Si. The minimum atomic E-state index is -2.72. The third-order valence-corrected chi connectivity index (χ3v) is 13.9. The summed E-state index contributed by atoms with van der Waals surface area (Å²) < 4.78 is 18.7. The standard InChI is InChI=1S/C37H38O5Si/c1-24(38)40-35-23-21-31-29-16-18-32-30(28(29)17-19-33(31)36(35)41-25(2)39)20-22-34(32)42-43(37(3,4)5,26-12-8-6-9-13-26)27-14-10-7-11-15-27/h6-19,21,23,34-36H,20,22H2,1-5H3/t34?,35-,36-/m1/s1. The molecule has 4 aromatic rings. The van der Waals surface area contributed by atoms with Crippen LogP contribution in [0.2, 0.25) is 5.04 Å². The van der Waals surface area contributed by atoms with Gasteiger partial charge in [-0.1, -0.05) is 112 Å². The van der Waals surface area contributed by atoms with Gasteiger partial charge in [0.2, 0.25) is 0 Å². The van der Waals surface area contributed by atoms with Gasteiger partial charge in [0.05, 0.1) is 6.10 Å². The van der Waals surface area contributed by atoms with Crippen molar-refractivity contribution in [3.63, 3.8) is 0 Å². The predicted octanol–water partition coefficient (Wildman–Crippen LogP) is 6.97. The Labute approximate surface area is 254 Å². The molecule has 0 N–H and O–H groups in total. The Bertz CT molecular complexity index is 1660. The van der Waals surface area contributed by atoms with E-state index in [1.165, 1.54) is 40.7 Å². The van der Waals surface area contributed by atoms with E-state index in [-0.39, 0.29) is 11.1 Å². The monoisotopic (exact) mass is 590 g/mol. The highest BCUT2D eigenvalue weighted by molar-refractivity contribution is 6.99. The summed E-state index contributed by atoms with van der Waals surface area (Å²) in [6, 6.07) is 30.1. The number of rotatable bonds is 6. The first-order valence-electron chi connectivity index (χ1n) is 15.0. The van der Waals surface area contributed by atoms with E-state index in [9.17, 15) is 9.59 Å². The summed E-state index contributed by atoms with van der Waals surface area (Å²) in [5.74, 6) is -0.832. The van der Waals surface area contributed by atoms with E-state index in [1.807, 2.05) is 18.2 Å². The quantitative estimate of drug-likeness (QED) is 0.179. The van der Waals surface area contributed by atoms with Gasteiger partial charge in [-0.3, -0.25) is 9.59 Å². The lowest BCUT2D eigenvalue weighted by molar-refractivity contribution is -0.162. The van der Waals surface area contributed by atoms with E-state index in [0.717, 1.165) is 29.4 Å². The molecule has 43 heavy (non-hydrogen) atoms. The summed E-state index contributed by atoms with van der Waals surface area (Å²) in [5, 5.41) is 4.73. The van der Waals surface area contributed by atoms with Crippen LogP contribution in [0.1, 0.15) is 75.5 Å². The van der Waals surface area contributed by atoms with Gasteiger partial charge in [-0.2, -0.15) is 0 Å². The Morgan fingerprint density at radius 3 is 1.91 bits per heavy atom. The maximum absolute atomic E-state index is 12.0. The molecule has 6 heteroatoms. The van der Waals surface area contributed by atoms with Gasteiger partial charge in [0, 0.05) is 19.4 Å². The number of hydrogen-bond donors (Lipinski definition) is 0. The second-order valence-corrected chi connectivity index (χ2v) is 16.8. The van der Waals surface area contributed by atoms with Crippen molar-refractivity contribution in [2.75, 3.05) is 0 Å². The van der Waals surface area contributed by atoms with E-state index in [2.05, 4.69) is 99.6 Å². The highest BCUT2D eigenvalue weighted by Crippen LogP contribution is 2.46. The Balaban J connectivity index is 1.44. The molecule has 0 saturated heterocycles. The fourth-order valence-corrected chi connectivity index (χ4v) is 11.8. The van der Waals surface area contributed by atoms with Gasteiger partial charge in [-0.15, -0.1) is 0 Å². The molecule has 5 nitrogen and oxygen atoms in total. The zero-order valence-electron chi connectivity index (χ0n) is 25.4. The number of aryl methyl sites for hydroxylation is 1. The second kappa shape index (κ2) is 11.2. The van der Waals surface area contributed by atoms with Crippen LogP contribution in [0.4, 0.5) is 0 Å². The van der Waals surface area contributed by atoms with E-state index >= 15 is 0 Å². The molecule has 1 unspecified atom stereocenters. The highest BCUT2D eigenvalue weighted by Gasteiger charge is 2.52.